The number of hydrogen-bond acceptors (Lipinski definition) is 5. The van der Waals surface area contributed by atoms with Gasteiger partial charge in [-0.1, -0.05) is 6.92 Å². The van der Waals surface area contributed by atoms with Gasteiger partial charge < -0.3 is 10.2 Å². The normalized spacial score (nSPS) is 16.3. The van der Waals surface area contributed by atoms with Gasteiger partial charge in [-0.15, -0.1) is 0 Å². The van der Waals surface area contributed by atoms with Gasteiger partial charge >= 0.3 is 6.18 Å². The Labute approximate surface area is 120 Å². The molecule has 0 spiro atoms. The molecule has 0 aromatic carbocycles. The highest BCUT2D eigenvalue weighted by Crippen LogP contribution is 2.31. The van der Waals surface area contributed by atoms with E-state index in [1.54, 1.807) is 11.8 Å². The molecular weight excluding hydrogens is 289 g/mol. The van der Waals surface area contributed by atoms with Crippen molar-refractivity contribution < 1.29 is 13.2 Å². The van der Waals surface area contributed by atoms with E-state index >= 15 is 0 Å². The Morgan fingerprint density at radius 3 is 2.60 bits per heavy atom. The molecule has 0 atom stereocenters. The second kappa shape index (κ2) is 6.51. The Kier molecular flexibility index (Phi) is 4.95. The summed E-state index contributed by atoms with van der Waals surface area (Å²) in [6.07, 6.45) is -3.65. The van der Waals surface area contributed by atoms with Crippen molar-refractivity contribution in [3.8, 4) is 0 Å². The Morgan fingerprint density at radius 2 is 2.00 bits per heavy atom. The molecule has 8 heteroatoms. The third-order valence-corrected chi connectivity index (χ3v) is 3.81. The molecule has 1 fully saturated rings. The van der Waals surface area contributed by atoms with Crippen LogP contribution in [0.25, 0.3) is 0 Å². The molecule has 20 heavy (non-hydrogen) atoms. The standard InChI is InChI=1S/C12H17F3N4S/c1-2-3-16-11-17-9(12(13,14)15)8-10(18-11)19-4-6-20-7-5-19/h8H,2-7H2,1H3,(H,16,17,18). The minimum absolute atomic E-state index is 0.0508. The smallest absolute Gasteiger partial charge is 0.355 e. The fourth-order valence-electron chi connectivity index (χ4n) is 1.85. The highest BCUT2D eigenvalue weighted by atomic mass is 32.2. The molecule has 1 aromatic heterocycles. The van der Waals surface area contributed by atoms with Gasteiger partial charge in [0.2, 0.25) is 5.95 Å². The summed E-state index contributed by atoms with van der Waals surface area (Å²) >= 11 is 1.80. The zero-order valence-electron chi connectivity index (χ0n) is 11.2. The van der Waals surface area contributed by atoms with Gasteiger partial charge in [0.15, 0.2) is 5.69 Å². The number of nitrogens with zero attached hydrogens (tertiary/aromatic N) is 3. The van der Waals surface area contributed by atoms with Crippen molar-refractivity contribution in [2.45, 2.75) is 19.5 Å². The lowest BCUT2D eigenvalue weighted by molar-refractivity contribution is -0.141. The molecule has 2 rings (SSSR count). The minimum atomic E-state index is -4.45. The SMILES string of the molecule is CCCNc1nc(N2CCSCC2)cc(C(F)(F)F)n1. The zero-order valence-corrected chi connectivity index (χ0v) is 12.0. The quantitative estimate of drug-likeness (QED) is 0.926. The van der Waals surface area contributed by atoms with E-state index in [-0.39, 0.29) is 5.95 Å². The Bertz CT molecular complexity index is 447. The van der Waals surface area contributed by atoms with Crippen molar-refractivity contribution >= 4 is 23.5 Å². The Balaban J connectivity index is 2.29. The summed E-state index contributed by atoms with van der Waals surface area (Å²) in [4.78, 5) is 9.64. The predicted molar refractivity (Wildman–Crippen MR) is 75.4 cm³/mol. The summed E-state index contributed by atoms with van der Waals surface area (Å²) in [5, 5.41) is 2.83. The first-order chi connectivity index (χ1) is 9.50. The van der Waals surface area contributed by atoms with Crippen LogP contribution >= 0.6 is 11.8 Å². The lowest BCUT2D eigenvalue weighted by Crippen LogP contribution is -2.33. The number of anilines is 2. The molecule has 1 aromatic rings. The van der Waals surface area contributed by atoms with Crippen molar-refractivity contribution in [2.75, 3.05) is 41.4 Å². The molecule has 4 nitrogen and oxygen atoms in total. The number of thioether (sulfide) groups is 1. The number of hydrogen-bond donors (Lipinski definition) is 1. The lowest BCUT2D eigenvalue weighted by Gasteiger charge is -2.28. The lowest BCUT2D eigenvalue weighted by atomic mass is 10.3. The van der Waals surface area contributed by atoms with E-state index < -0.39 is 11.9 Å². The maximum atomic E-state index is 12.9. The summed E-state index contributed by atoms with van der Waals surface area (Å²) in [7, 11) is 0. The molecule has 1 N–H and O–H groups in total. The van der Waals surface area contributed by atoms with Gasteiger partial charge in [-0.25, -0.2) is 4.98 Å². The van der Waals surface area contributed by atoms with Crippen LogP contribution in [0, 0.1) is 0 Å². The molecule has 0 radical (unpaired) electrons. The van der Waals surface area contributed by atoms with Gasteiger partial charge in [0.25, 0.3) is 0 Å². The first kappa shape index (κ1) is 15.2. The van der Waals surface area contributed by atoms with Crippen LogP contribution in [0.3, 0.4) is 0 Å². The average Bonchev–Trinajstić information content (AvgIpc) is 2.45. The molecule has 0 amide bonds. The molecule has 1 aliphatic rings. The zero-order chi connectivity index (χ0) is 14.6. The number of halogens is 3. The number of nitrogens with one attached hydrogen (secondary N) is 1. The van der Waals surface area contributed by atoms with Crippen LogP contribution in [0.1, 0.15) is 19.0 Å². The van der Waals surface area contributed by atoms with Gasteiger partial charge in [-0.05, 0) is 6.42 Å². The molecule has 0 bridgehead atoms. The number of aromatic nitrogens is 2. The van der Waals surface area contributed by atoms with Gasteiger partial charge in [-0.2, -0.15) is 29.9 Å². The highest BCUT2D eigenvalue weighted by Gasteiger charge is 2.34. The van der Waals surface area contributed by atoms with E-state index in [0.29, 0.717) is 25.5 Å². The van der Waals surface area contributed by atoms with Crippen LogP contribution in [0.15, 0.2) is 6.07 Å². The molecule has 0 saturated carbocycles. The summed E-state index contributed by atoms with van der Waals surface area (Å²) in [5.41, 5.74) is -0.890. The third kappa shape index (κ3) is 3.91. The summed E-state index contributed by atoms with van der Waals surface area (Å²) in [5.74, 6) is 2.22. The van der Waals surface area contributed by atoms with E-state index in [9.17, 15) is 13.2 Å². The fraction of sp³-hybridized carbons (Fsp3) is 0.667. The minimum Gasteiger partial charge on any atom is -0.355 e. The Hall–Kier alpha value is -1.18. The van der Waals surface area contributed by atoms with Crippen LogP contribution in [-0.4, -0.2) is 41.1 Å². The predicted octanol–water partition coefficient (Wildman–Crippen LogP) is 2.87. The van der Waals surface area contributed by atoms with Gasteiger partial charge in [0, 0.05) is 37.2 Å². The summed E-state index contributed by atoms with van der Waals surface area (Å²) in [6, 6.07) is 1.03. The van der Waals surface area contributed by atoms with Crippen LogP contribution in [-0.2, 0) is 6.18 Å². The molecular formula is C12H17F3N4S. The molecule has 2 heterocycles. The van der Waals surface area contributed by atoms with Crippen molar-refractivity contribution in [2.24, 2.45) is 0 Å². The van der Waals surface area contributed by atoms with Crippen molar-refractivity contribution in [3.63, 3.8) is 0 Å². The topological polar surface area (TPSA) is 41.1 Å². The van der Waals surface area contributed by atoms with Crippen LogP contribution in [0.4, 0.5) is 24.9 Å². The third-order valence-electron chi connectivity index (χ3n) is 2.87. The number of rotatable bonds is 4. The van der Waals surface area contributed by atoms with Gasteiger partial charge in [0.1, 0.15) is 5.82 Å². The summed E-state index contributed by atoms with van der Waals surface area (Å²) in [6.45, 7) is 3.92. The first-order valence-electron chi connectivity index (χ1n) is 6.53. The van der Waals surface area contributed by atoms with E-state index in [2.05, 4.69) is 15.3 Å². The van der Waals surface area contributed by atoms with Gasteiger partial charge in [-0.3, -0.25) is 0 Å². The molecule has 1 aliphatic heterocycles. The van der Waals surface area contributed by atoms with Crippen molar-refractivity contribution in [3.05, 3.63) is 11.8 Å². The molecule has 0 unspecified atom stereocenters. The van der Waals surface area contributed by atoms with E-state index in [0.717, 1.165) is 24.0 Å². The molecule has 1 saturated heterocycles. The average molecular weight is 306 g/mol. The largest absolute Gasteiger partial charge is 0.433 e. The maximum absolute atomic E-state index is 12.9. The first-order valence-corrected chi connectivity index (χ1v) is 7.69. The van der Waals surface area contributed by atoms with Crippen molar-refractivity contribution in [1.82, 2.24) is 9.97 Å². The second-order valence-corrected chi connectivity index (χ2v) is 5.68. The van der Waals surface area contributed by atoms with Crippen LogP contribution < -0.4 is 10.2 Å². The Morgan fingerprint density at radius 1 is 1.30 bits per heavy atom. The second-order valence-electron chi connectivity index (χ2n) is 4.46. The fourth-order valence-corrected chi connectivity index (χ4v) is 2.75. The van der Waals surface area contributed by atoms with Crippen molar-refractivity contribution in [1.29, 1.82) is 0 Å². The monoisotopic (exact) mass is 306 g/mol. The number of alkyl halides is 3. The summed E-state index contributed by atoms with van der Waals surface area (Å²) < 4.78 is 38.7. The van der Waals surface area contributed by atoms with Gasteiger partial charge in [0.05, 0.1) is 0 Å². The van der Waals surface area contributed by atoms with E-state index in [1.165, 1.54) is 0 Å². The van der Waals surface area contributed by atoms with E-state index in [1.807, 2.05) is 11.8 Å². The highest BCUT2D eigenvalue weighted by molar-refractivity contribution is 7.99. The van der Waals surface area contributed by atoms with Crippen LogP contribution in [0.5, 0.6) is 0 Å². The maximum Gasteiger partial charge on any atom is 0.433 e. The van der Waals surface area contributed by atoms with Crippen LogP contribution in [0.2, 0.25) is 0 Å². The molecule has 112 valence electrons. The van der Waals surface area contributed by atoms with E-state index in [4.69, 9.17) is 0 Å². The molecule has 0 aliphatic carbocycles.